The van der Waals surface area contributed by atoms with Crippen LogP contribution in [0.2, 0.25) is 5.02 Å². The maximum Gasteiger partial charge on any atom is 0.226 e. The van der Waals surface area contributed by atoms with Gasteiger partial charge in [0.05, 0.1) is 24.4 Å². The number of aromatic nitrogens is 2. The van der Waals surface area contributed by atoms with Crippen LogP contribution in [0.4, 0.5) is 0 Å². The highest BCUT2D eigenvalue weighted by Crippen LogP contribution is 2.12. The number of hydrogen-bond acceptors (Lipinski definition) is 4. The van der Waals surface area contributed by atoms with Crippen LogP contribution in [0.15, 0.2) is 61.1 Å². The van der Waals surface area contributed by atoms with E-state index in [0.717, 1.165) is 28.3 Å². The molecule has 0 aliphatic carbocycles. The van der Waals surface area contributed by atoms with Crippen LogP contribution in [0.5, 0.6) is 0 Å². The van der Waals surface area contributed by atoms with Crippen LogP contribution >= 0.6 is 11.6 Å². The smallest absolute Gasteiger partial charge is 0.226 e. The molecule has 33 heavy (non-hydrogen) atoms. The predicted molar refractivity (Wildman–Crippen MR) is 131 cm³/mol. The minimum atomic E-state index is -0.0218. The number of nitriles is 1. The molecule has 1 heterocycles. The van der Waals surface area contributed by atoms with Crippen LogP contribution in [0, 0.1) is 17.2 Å². The van der Waals surface area contributed by atoms with Gasteiger partial charge in [0.1, 0.15) is 0 Å². The van der Waals surface area contributed by atoms with Crippen molar-refractivity contribution < 1.29 is 4.79 Å². The second kappa shape index (κ2) is 12.2. The quantitative estimate of drug-likeness (QED) is 0.443. The van der Waals surface area contributed by atoms with Gasteiger partial charge in [-0.1, -0.05) is 56.1 Å². The number of rotatable bonds is 11. The molecule has 2 aromatic carbocycles. The van der Waals surface area contributed by atoms with Gasteiger partial charge in [-0.3, -0.25) is 4.79 Å². The van der Waals surface area contributed by atoms with Gasteiger partial charge in [-0.15, -0.1) is 0 Å². The summed E-state index contributed by atoms with van der Waals surface area (Å²) in [6, 6.07) is 17.4. The van der Waals surface area contributed by atoms with Crippen molar-refractivity contribution >= 4 is 17.5 Å². The minimum absolute atomic E-state index is 0.0218. The van der Waals surface area contributed by atoms with Crippen molar-refractivity contribution in [3.05, 3.63) is 88.5 Å². The normalized spacial score (nSPS) is 12.7. The molecule has 1 aromatic heterocycles. The molecule has 0 unspecified atom stereocenters. The van der Waals surface area contributed by atoms with E-state index in [1.165, 1.54) is 0 Å². The van der Waals surface area contributed by atoms with Gasteiger partial charge >= 0.3 is 0 Å². The lowest BCUT2D eigenvalue weighted by Gasteiger charge is -2.25. The summed E-state index contributed by atoms with van der Waals surface area (Å²) in [6.07, 6.45) is 4.70. The number of imidazole rings is 1. The van der Waals surface area contributed by atoms with Crippen LogP contribution < -0.4 is 10.6 Å². The van der Waals surface area contributed by atoms with Crippen molar-refractivity contribution in [3.63, 3.8) is 0 Å². The third-order valence-corrected chi connectivity index (χ3v) is 6.07. The Morgan fingerprint density at radius 3 is 2.70 bits per heavy atom. The van der Waals surface area contributed by atoms with Gasteiger partial charge in [-0.05, 0) is 41.3 Å². The van der Waals surface area contributed by atoms with Crippen molar-refractivity contribution in [1.82, 2.24) is 20.2 Å². The molecule has 0 radical (unpaired) electrons. The van der Waals surface area contributed by atoms with Gasteiger partial charge in [0.25, 0.3) is 0 Å². The molecule has 0 saturated carbocycles. The summed E-state index contributed by atoms with van der Waals surface area (Å²) in [6.45, 7) is 6.26. The van der Waals surface area contributed by atoms with Crippen molar-refractivity contribution in [1.29, 1.82) is 5.26 Å². The Morgan fingerprint density at radius 2 is 2.00 bits per heavy atom. The first-order valence-corrected chi connectivity index (χ1v) is 11.6. The zero-order valence-electron chi connectivity index (χ0n) is 19.1. The Labute approximate surface area is 200 Å². The molecule has 6 nitrogen and oxygen atoms in total. The van der Waals surface area contributed by atoms with Gasteiger partial charge < -0.3 is 15.2 Å². The third kappa shape index (κ3) is 7.45. The summed E-state index contributed by atoms with van der Waals surface area (Å²) in [7, 11) is 0. The fourth-order valence-electron chi connectivity index (χ4n) is 3.64. The summed E-state index contributed by atoms with van der Waals surface area (Å²) in [4.78, 5) is 17.1. The lowest BCUT2D eigenvalue weighted by atomic mass is 9.98. The van der Waals surface area contributed by atoms with Gasteiger partial charge in [-0.25, -0.2) is 4.98 Å². The van der Waals surface area contributed by atoms with E-state index in [-0.39, 0.29) is 18.4 Å². The predicted octanol–water partition coefficient (Wildman–Crippen LogP) is 4.32. The molecule has 0 saturated heterocycles. The summed E-state index contributed by atoms with van der Waals surface area (Å²) in [5.41, 5.74) is 3.65. The molecule has 2 N–H and O–H groups in total. The van der Waals surface area contributed by atoms with Crippen LogP contribution in [0.1, 0.15) is 42.7 Å². The summed E-state index contributed by atoms with van der Waals surface area (Å²) >= 11 is 6.07. The number of amides is 1. The monoisotopic (exact) mass is 463 g/mol. The van der Waals surface area contributed by atoms with Gasteiger partial charge in [0.15, 0.2) is 0 Å². The molecule has 0 aliphatic rings. The summed E-state index contributed by atoms with van der Waals surface area (Å²) < 4.78 is 1.97. The van der Waals surface area contributed by atoms with Crippen molar-refractivity contribution in [2.24, 2.45) is 5.92 Å². The largest absolute Gasteiger partial charge is 0.351 e. The van der Waals surface area contributed by atoms with E-state index < -0.39 is 0 Å². The number of halogens is 1. The zero-order valence-corrected chi connectivity index (χ0v) is 19.8. The molecule has 0 bridgehead atoms. The molecule has 0 spiro atoms. The number of carbonyl (C=O) groups excluding carboxylic acids is 1. The van der Waals surface area contributed by atoms with E-state index in [1.54, 1.807) is 24.7 Å². The van der Waals surface area contributed by atoms with Crippen LogP contribution in [0.3, 0.4) is 0 Å². The first kappa shape index (κ1) is 24.5. The fraction of sp³-hybridized carbons (Fsp3) is 0.346. The standard InChI is InChI=1S/C26H30ClN5O/c1-3-19(2)25(16-29-14-22-5-4-6-23(27)11-22)31-26(33)12-24-15-30-18-32(24)17-21-9-7-20(13-28)8-10-21/h4-11,15,18-19,25,29H,3,12,14,16-17H2,1-2H3,(H,31,33)/t19-,25+/m0/s1. The maximum absolute atomic E-state index is 12.9. The average molecular weight is 464 g/mol. The first-order valence-electron chi connectivity index (χ1n) is 11.2. The van der Waals surface area contributed by atoms with Crippen molar-refractivity contribution in [3.8, 4) is 6.07 Å². The van der Waals surface area contributed by atoms with Gasteiger partial charge in [0.2, 0.25) is 5.91 Å². The summed E-state index contributed by atoms with van der Waals surface area (Å²) in [5.74, 6) is 0.316. The van der Waals surface area contributed by atoms with Gasteiger partial charge in [-0.2, -0.15) is 5.26 Å². The average Bonchev–Trinajstić information content (AvgIpc) is 3.24. The molecule has 1 amide bonds. The van der Waals surface area contributed by atoms with Crippen LogP contribution in [-0.4, -0.2) is 28.0 Å². The number of hydrogen-bond donors (Lipinski definition) is 2. The highest BCUT2D eigenvalue weighted by Gasteiger charge is 2.19. The molecular weight excluding hydrogens is 434 g/mol. The molecule has 2 atom stereocenters. The number of benzene rings is 2. The molecule has 7 heteroatoms. The second-order valence-electron chi connectivity index (χ2n) is 8.32. The molecule has 3 aromatic rings. The van der Waals surface area contributed by atoms with Gasteiger partial charge in [0, 0.05) is 42.6 Å². The van der Waals surface area contributed by atoms with E-state index in [4.69, 9.17) is 16.9 Å². The first-order chi connectivity index (χ1) is 16.0. The number of nitrogens with zero attached hydrogens (tertiary/aromatic N) is 3. The zero-order chi connectivity index (χ0) is 23.6. The molecule has 3 rings (SSSR count). The van der Waals surface area contributed by atoms with Crippen molar-refractivity contribution in [2.75, 3.05) is 6.54 Å². The molecule has 0 fully saturated rings. The highest BCUT2D eigenvalue weighted by molar-refractivity contribution is 6.30. The van der Waals surface area contributed by atoms with Crippen LogP contribution in [0.25, 0.3) is 0 Å². The van der Waals surface area contributed by atoms with E-state index in [1.807, 2.05) is 41.0 Å². The lowest BCUT2D eigenvalue weighted by molar-refractivity contribution is -0.121. The third-order valence-electron chi connectivity index (χ3n) is 5.84. The van der Waals surface area contributed by atoms with Crippen LogP contribution in [-0.2, 0) is 24.3 Å². The van der Waals surface area contributed by atoms with E-state index in [9.17, 15) is 4.79 Å². The number of carbonyl (C=O) groups is 1. The SMILES string of the molecule is CC[C@H](C)[C@@H](CNCc1cccc(Cl)c1)NC(=O)Cc1cncn1Cc1ccc(C#N)cc1. The lowest BCUT2D eigenvalue weighted by Crippen LogP contribution is -2.46. The second-order valence-corrected chi connectivity index (χ2v) is 8.76. The molecule has 172 valence electrons. The Bertz CT molecular complexity index is 1090. The summed E-state index contributed by atoms with van der Waals surface area (Å²) in [5, 5.41) is 16.3. The number of nitrogens with one attached hydrogen (secondary N) is 2. The molecular formula is C26H30ClN5O. The minimum Gasteiger partial charge on any atom is -0.351 e. The van der Waals surface area contributed by atoms with E-state index >= 15 is 0 Å². The van der Waals surface area contributed by atoms with E-state index in [0.29, 0.717) is 31.1 Å². The van der Waals surface area contributed by atoms with E-state index in [2.05, 4.69) is 35.5 Å². The topological polar surface area (TPSA) is 82.7 Å². The Kier molecular flexibility index (Phi) is 9.05. The maximum atomic E-state index is 12.9. The highest BCUT2D eigenvalue weighted by atomic mass is 35.5. The van der Waals surface area contributed by atoms with Crippen molar-refractivity contribution in [2.45, 2.75) is 45.8 Å². The Balaban J connectivity index is 1.56. The Morgan fingerprint density at radius 1 is 1.21 bits per heavy atom. The fourth-order valence-corrected chi connectivity index (χ4v) is 3.85. The Hall–Kier alpha value is -3.14. The molecule has 0 aliphatic heterocycles.